The summed E-state index contributed by atoms with van der Waals surface area (Å²) in [6.07, 6.45) is 3.44. The second-order valence-corrected chi connectivity index (χ2v) is 5.96. The summed E-state index contributed by atoms with van der Waals surface area (Å²) in [4.78, 5) is 18.9. The molecule has 110 valence electrons. The van der Waals surface area contributed by atoms with Crippen LogP contribution in [0, 0.1) is 0 Å². The average molecular weight is 268 g/mol. The molecular weight excluding hydrogens is 240 g/mol. The number of amides is 1. The van der Waals surface area contributed by atoms with Crippen LogP contribution >= 0.6 is 0 Å². The Labute approximate surface area is 116 Å². The van der Waals surface area contributed by atoms with E-state index in [1.165, 1.54) is 12.8 Å². The van der Waals surface area contributed by atoms with Crippen molar-refractivity contribution in [2.24, 2.45) is 0 Å². The minimum Gasteiger partial charge on any atom is -0.340 e. The molecule has 0 aromatic carbocycles. The number of rotatable bonds is 3. The van der Waals surface area contributed by atoms with Gasteiger partial charge in [0.2, 0.25) is 5.91 Å². The van der Waals surface area contributed by atoms with Crippen LogP contribution in [-0.2, 0) is 4.79 Å². The quantitative estimate of drug-likeness (QED) is 0.772. The molecule has 5 nitrogen and oxygen atoms in total. The standard InChI is InChI=1S/C14H28N4O/c1-16(2)13-4-9-17(10-5-13)12-14(19)18-8-3-6-15-7-11-18/h13,15H,3-12H2,1-2H3. The van der Waals surface area contributed by atoms with Crippen molar-refractivity contribution in [1.29, 1.82) is 0 Å². The van der Waals surface area contributed by atoms with Crippen molar-refractivity contribution in [2.45, 2.75) is 25.3 Å². The summed E-state index contributed by atoms with van der Waals surface area (Å²) in [6, 6.07) is 0.689. The van der Waals surface area contributed by atoms with Crippen LogP contribution in [0.15, 0.2) is 0 Å². The van der Waals surface area contributed by atoms with Gasteiger partial charge in [0.25, 0.3) is 0 Å². The molecule has 2 rings (SSSR count). The van der Waals surface area contributed by atoms with Gasteiger partial charge in [0.1, 0.15) is 0 Å². The second kappa shape index (κ2) is 7.22. The smallest absolute Gasteiger partial charge is 0.236 e. The molecule has 1 amide bonds. The molecule has 2 fully saturated rings. The molecule has 2 saturated heterocycles. The summed E-state index contributed by atoms with van der Waals surface area (Å²) in [7, 11) is 4.30. The lowest BCUT2D eigenvalue weighted by atomic mass is 10.0. The second-order valence-electron chi connectivity index (χ2n) is 5.96. The highest BCUT2D eigenvalue weighted by Gasteiger charge is 2.24. The van der Waals surface area contributed by atoms with Crippen molar-refractivity contribution >= 4 is 5.91 Å². The van der Waals surface area contributed by atoms with Gasteiger partial charge in [-0.05, 0) is 39.9 Å². The third-order valence-corrected chi connectivity index (χ3v) is 4.34. The van der Waals surface area contributed by atoms with E-state index in [-0.39, 0.29) is 0 Å². The molecule has 1 N–H and O–H groups in total. The molecule has 0 bridgehead atoms. The van der Waals surface area contributed by atoms with E-state index in [1.807, 2.05) is 4.90 Å². The van der Waals surface area contributed by atoms with Gasteiger partial charge in [0.15, 0.2) is 0 Å². The van der Waals surface area contributed by atoms with Gasteiger partial charge in [-0.25, -0.2) is 0 Å². The molecule has 0 spiro atoms. The van der Waals surface area contributed by atoms with E-state index < -0.39 is 0 Å². The fourth-order valence-electron chi connectivity index (χ4n) is 2.98. The summed E-state index contributed by atoms with van der Waals surface area (Å²) >= 11 is 0. The lowest BCUT2D eigenvalue weighted by Gasteiger charge is -2.35. The summed E-state index contributed by atoms with van der Waals surface area (Å²) in [5.74, 6) is 0.312. The van der Waals surface area contributed by atoms with E-state index in [0.717, 1.165) is 45.7 Å². The van der Waals surface area contributed by atoms with Crippen LogP contribution < -0.4 is 5.32 Å². The van der Waals surface area contributed by atoms with Crippen LogP contribution in [0.1, 0.15) is 19.3 Å². The van der Waals surface area contributed by atoms with Gasteiger partial charge in [0, 0.05) is 38.8 Å². The van der Waals surface area contributed by atoms with Crippen LogP contribution in [0.2, 0.25) is 0 Å². The van der Waals surface area contributed by atoms with Gasteiger partial charge >= 0.3 is 0 Å². The van der Waals surface area contributed by atoms with Gasteiger partial charge in [-0.1, -0.05) is 0 Å². The highest BCUT2D eigenvalue weighted by Crippen LogP contribution is 2.14. The molecule has 0 aromatic heterocycles. The Hall–Kier alpha value is -0.650. The molecule has 0 aliphatic carbocycles. The fraction of sp³-hybridized carbons (Fsp3) is 0.929. The molecule has 2 heterocycles. The number of carbonyl (C=O) groups excluding carboxylic acids is 1. The zero-order valence-electron chi connectivity index (χ0n) is 12.4. The lowest BCUT2D eigenvalue weighted by molar-refractivity contribution is -0.132. The molecule has 2 aliphatic rings. The molecular formula is C14H28N4O. The fourth-order valence-corrected chi connectivity index (χ4v) is 2.98. The predicted molar refractivity (Wildman–Crippen MR) is 77.2 cm³/mol. The topological polar surface area (TPSA) is 38.8 Å². The minimum atomic E-state index is 0.312. The third-order valence-electron chi connectivity index (χ3n) is 4.34. The minimum absolute atomic E-state index is 0.312. The van der Waals surface area contributed by atoms with Crippen LogP contribution in [0.5, 0.6) is 0 Å². The van der Waals surface area contributed by atoms with Gasteiger partial charge in [0.05, 0.1) is 6.54 Å². The molecule has 0 radical (unpaired) electrons. The Balaban J connectivity index is 1.73. The molecule has 0 aromatic rings. The zero-order chi connectivity index (χ0) is 13.7. The molecule has 0 unspecified atom stereocenters. The van der Waals surface area contributed by atoms with Crippen molar-refractivity contribution in [1.82, 2.24) is 20.0 Å². The maximum absolute atomic E-state index is 12.3. The number of nitrogens with one attached hydrogen (secondary N) is 1. The molecule has 5 heteroatoms. The Morgan fingerprint density at radius 1 is 1.16 bits per heavy atom. The summed E-state index contributed by atoms with van der Waals surface area (Å²) in [6.45, 7) is 6.49. The number of likely N-dealkylation sites (tertiary alicyclic amines) is 1. The highest BCUT2D eigenvalue weighted by molar-refractivity contribution is 5.78. The predicted octanol–water partition coefficient (Wildman–Crippen LogP) is -0.166. The van der Waals surface area contributed by atoms with Gasteiger partial charge in [-0.3, -0.25) is 9.69 Å². The Kier molecular flexibility index (Phi) is 5.60. The lowest BCUT2D eigenvalue weighted by Crippen LogP contribution is -2.47. The van der Waals surface area contributed by atoms with Crippen LogP contribution in [0.3, 0.4) is 0 Å². The number of piperidine rings is 1. The van der Waals surface area contributed by atoms with Crippen LogP contribution in [0.25, 0.3) is 0 Å². The molecule has 2 aliphatic heterocycles. The van der Waals surface area contributed by atoms with Crippen molar-refractivity contribution in [3.8, 4) is 0 Å². The van der Waals surface area contributed by atoms with Crippen molar-refractivity contribution in [3.63, 3.8) is 0 Å². The first-order valence-corrected chi connectivity index (χ1v) is 7.54. The summed E-state index contributed by atoms with van der Waals surface area (Å²) < 4.78 is 0. The normalized spacial score (nSPS) is 23.6. The molecule has 19 heavy (non-hydrogen) atoms. The van der Waals surface area contributed by atoms with Gasteiger partial charge in [-0.15, -0.1) is 0 Å². The number of carbonyl (C=O) groups is 1. The maximum Gasteiger partial charge on any atom is 0.236 e. The first-order valence-electron chi connectivity index (χ1n) is 7.54. The number of nitrogens with zero attached hydrogens (tertiary/aromatic N) is 3. The summed E-state index contributed by atoms with van der Waals surface area (Å²) in [5.41, 5.74) is 0. The van der Waals surface area contributed by atoms with Gasteiger partial charge < -0.3 is 15.1 Å². The van der Waals surface area contributed by atoms with E-state index >= 15 is 0 Å². The van der Waals surface area contributed by atoms with Crippen molar-refractivity contribution in [2.75, 3.05) is 59.9 Å². The van der Waals surface area contributed by atoms with E-state index in [2.05, 4.69) is 29.2 Å². The third kappa shape index (κ3) is 4.44. The number of hydrogen-bond acceptors (Lipinski definition) is 4. The number of hydrogen-bond donors (Lipinski definition) is 1. The van der Waals surface area contributed by atoms with Gasteiger partial charge in [-0.2, -0.15) is 0 Å². The average Bonchev–Trinajstić information content (AvgIpc) is 2.68. The van der Waals surface area contributed by atoms with E-state index in [4.69, 9.17) is 0 Å². The Bertz CT molecular complexity index is 279. The van der Waals surface area contributed by atoms with Crippen molar-refractivity contribution < 1.29 is 4.79 Å². The van der Waals surface area contributed by atoms with Crippen LogP contribution in [0.4, 0.5) is 0 Å². The Morgan fingerprint density at radius 2 is 1.89 bits per heavy atom. The van der Waals surface area contributed by atoms with E-state index in [9.17, 15) is 4.79 Å². The van der Waals surface area contributed by atoms with E-state index in [1.54, 1.807) is 0 Å². The molecule has 0 atom stereocenters. The largest absolute Gasteiger partial charge is 0.340 e. The zero-order valence-corrected chi connectivity index (χ0v) is 12.4. The highest BCUT2D eigenvalue weighted by atomic mass is 16.2. The Morgan fingerprint density at radius 3 is 2.58 bits per heavy atom. The SMILES string of the molecule is CN(C)C1CCN(CC(=O)N2CCCNCC2)CC1. The first-order chi connectivity index (χ1) is 9.16. The van der Waals surface area contributed by atoms with Crippen LogP contribution in [-0.4, -0.2) is 86.6 Å². The summed E-state index contributed by atoms with van der Waals surface area (Å²) in [5, 5.41) is 3.34. The molecule has 0 saturated carbocycles. The van der Waals surface area contributed by atoms with E-state index in [0.29, 0.717) is 18.5 Å². The first kappa shape index (κ1) is 14.8. The maximum atomic E-state index is 12.3. The monoisotopic (exact) mass is 268 g/mol. The van der Waals surface area contributed by atoms with Crippen molar-refractivity contribution in [3.05, 3.63) is 0 Å².